The molecule has 0 aliphatic carbocycles. The molecular weight excluding hydrogens is 430 g/mol. The van der Waals surface area contributed by atoms with Crippen LogP contribution in [0.25, 0.3) is 0 Å². The molecule has 170 valence electrons. The lowest BCUT2D eigenvalue weighted by atomic mass is 9.98. The zero-order chi connectivity index (χ0) is 22.7. The minimum atomic E-state index is -3.69. The Morgan fingerprint density at radius 3 is 2.38 bits per heavy atom. The van der Waals surface area contributed by atoms with Gasteiger partial charge in [-0.2, -0.15) is 4.31 Å². The van der Waals surface area contributed by atoms with Crippen LogP contribution in [0.15, 0.2) is 53.4 Å². The maximum atomic E-state index is 13.0. The van der Waals surface area contributed by atoms with E-state index in [0.717, 1.165) is 12.1 Å². The monoisotopic (exact) mass is 457 g/mol. The normalized spacial score (nSPS) is 19.7. The summed E-state index contributed by atoms with van der Waals surface area (Å²) in [6.07, 6.45) is 2.66. The van der Waals surface area contributed by atoms with Crippen LogP contribution in [0.4, 0.5) is 11.4 Å². The highest BCUT2D eigenvalue weighted by Crippen LogP contribution is 2.27. The first-order valence-electron chi connectivity index (χ1n) is 10.7. The van der Waals surface area contributed by atoms with Crippen LogP contribution in [0.2, 0.25) is 0 Å². The lowest BCUT2D eigenvalue weighted by Gasteiger charge is -2.31. The van der Waals surface area contributed by atoms with Crippen LogP contribution in [-0.2, 0) is 19.6 Å². The van der Waals surface area contributed by atoms with Crippen molar-refractivity contribution in [1.82, 2.24) is 4.31 Å². The fourth-order valence-corrected chi connectivity index (χ4v) is 5.69. The average molecular weight is 458 g/mol. The van der Waals surface area contributed by atoms with Crippen LogP contribution in [0, 0.1) is 5.92 Å². The molecule has 2 aliphatic heterocycles. The van der Waals surface area contributed by atoms with Gasteiger partial charge in [-0.05, 0) is 67.8 Å². The minimum Gasteiger partial charge on any atom is -0.497 e. The van der Waals surface area contributed by atoms with Gasteiger partial charge in [0.2, 0.25) is 21.8 Å². The molecule has 0 aromatic heterocycles. The summed E-state index contributed by atoms with van der Waals surface area (Å²) in [4.78, 5) is 26.7. The average Bonchev–Trinajstić information content (AvgIpc) is 3.25. The molecule has 0 saturated carbocycles. The van der Waals surface area contributed by atoms with Crippen molar-refractivity contribution in [2.24, 2.45) is 5.92 Å². The zero-order valence-electron chi connectivity index (χ0n) is 18.0. The Balaban J connectivity index is 1.40. The van der Waals surface area contributed by atoms with E-state index in [2.05, 4.69) is 5.32 Å². The third-order valence-electron chi connectivity index (χ3n) is 5.97. The molecule has 8 nitrogen and oxygen atoms in total. The van der Waals surface area contributed by atoms with Crippen LogP contribution in [-0.4, -0.2) is 51.3 Å². The number of piperidine rings is 1. The number of ether oxygens (including phenoxy) is 1. The van der Waals surface area contributed by atoms with E-state index in [9.17, 15) is 18.0 Å². The number of hydrogen-bond donors (Lipinski definition) is 1. The zero-order valence-corrected chi connectivity index (χ0v) is 18.8. The summed E-state index contributed by atoms with van der Waals surface area (Å²) in [5, 5.41) is 2.89. The number of sulfonamides is 1. The van der Waals surface area contributed by atoms with Gasteiger partial charge in [0.1, 0.15) is 5.75 Å². The minimum absolute atomic E-state index is 0.113. The standard InChI is InChI=1S/C23H27N3O5S/c1-31-20-10-12-21(13-11-20)32(29,30)25-14-2-4-17(16-25)23(28)24-18-6-8-19(9-7-18)26-15-3-5-22(26)27/h6-13,17H,2-5,14-16H2,1H3,(H,24,28)/t17-/m0/s1. The Morgan fingerprint density at radius 2 is 1.75 bits per heavy atom. The summed E-state index contributed by atoms with van der Waals surface area (Å²) in [7, 11) is -2.16. The van der Waals surface area contributed by atoms with Gasteiger partial charge < -0.3 is 15.0 Å². The lowest BCUT2D eigenvalue weighted by Crippen LogP contribution is -2.43. The van der Waals surface area contributed by atoms with Gasteiger partial charge in [0, 0.05) is 37.4 Å². The number of nitrogens with zero attached hydrogens (tertiary/aromatic N) is 2. The van der Waals surface area contributed by atoms with Crippen molar-refractivity contribution >= 4 is 33.2 Å². The molecule has 2 heterocycles. The first-order chi connectivity index (χ1) is 15.4. The molecule has 1 atom stereocenters. The maximum absolute atomic E-state index is 13.0. The van der Waals surface area contributed by atoms with E-state index in [1.165, 1.54) is 23.5 Å². The largest absolute Gasteiger partial charge is 0.497 e. The van der Waals surface area contributed by atoms with Crippen molar-refractivity contribution in [3.8, 4) is 5.75 Å². The van der Waals surface area contributed by atoms with Crippen molar-refractivity contribution in [2.75, 3.05) is 37.0 Å². The molecule has 2 aromatic rings. The van der Waals surface area contributed by atoms with Crippen LogP contribution >= 0.6 is 0 Å². The number of nitrogens with one attached hydrogen (secondary N) is 1. The highest BCUT2D eigenvalue weighted by molar-refractivity contribution is 7.89. The second-order valence-corrected chi connectivity index (χ2v) is 10.0. The molecule has 32 heavy (non-hydrogen) atoms. The van der Waals surface area contributed by atoms with E-state index >= 15 is 0 Å². The maximum Gasteiger partial charge on any atom is 0.243 e. The summed E-state index contributed by atoms with van der Waals surface area (Å²) in [6, 6.07) is 13.4. The number of methoxy groups -OCH3 is 1. The van der Waals surface area contributed by atoms with Crippen LogP contribution < -0.4 is 15.0 Å². The summed E-state index contributed by atoms with van der Waals surface area (Å²) in [5.74, 6) is 0.0587. The van der Waals surface area contributed by atoms with E-state index in [-0.39, 0.29) is 23.3 Å². The Labute approximate surface area is 188 Å². The van der Waals surface area contributed by atoms with Gasteiger partial charge in [0.05, 0.1) is 17.9 Å². The van der Waals surface area contributed by atoms with Crippen molar-refractivity contribution in [3.05, 3.63) is 48.5 Å². The molecule has 0 spiro atoms. The number of anilines is 2. The molecule has 4 rings (SSSR count). The Kier molecular flexibility index (Phi) is 6.48. The van der Waals surface area contributed by atoms with Gasteiger partial charge >= 0.3 is 0 Å². The van der Waals surface area contributed by atoms with Gasteiger partial charge in [-0.25, -0.2) is 8.42 Å². The van der Waals surface area contributed by atoms with E-state index < -0.39 is 15.9 Å². The van der Waals surface area contributed by atoms with Gasteiger partial charge in [-0.3, -0.25) is 9.59 Å². The highest BCUT2D eigenvalue weighted by atomic mass is 32.2. The molecule has 2 aliphatic rings. The van der Waals surface area contributed by atoms with Gasteiger partial charge in [-0.15, -0.1) is 0 Å². The SMILES string of the molecule is COc1ccc(S(=O)(=O)N2CCC[C@H](C(=O)Nc3ccc(N4CCCC4=O)cc3)C2)cc1. The molecular formula is C23H27N3O5S. The molecule has 2 fully saturated rings. The number of hydrogen-bond acceptors (Lipinski definition) is 5. The summed E-state index contributed by atoms with van der Waals surface area (Å²) in [6.45, 7) is 1.24. The van der Waals surface area contributed by atoms with Crippen molar-refractivity contribution in [1.29, 1.82) is 0 Å². The first kappa shape index (κ1) is 22.3. The lowest BCUT2D eigenvalue weighted by molar-refractivity contribution is -0.121. The topological polar surface area (TPSA) is 96.0 Å². The molecule has 9 heteroatoms. The van der Waals surface area contributed by atoms with Crippen LogP contribution in [0.5, 0.6) is 5.75 Å². The number of carbonyl (C=O) groups excluding carboxylic acids is 2. The molecule has 2 saturated heterocycles. The van der Waals surface area contributed by atoms with Gasteiger partial charge in [0.25, 0.3) is 0 Å². The Bertz CT molecular complexity index is 1080. The summed E-state index contributed by atoms with van der Waals surface area (Å²) >= 11 is 0. The highest BCUT2D eigenvalue weighted by Gasteiger charge is 2.33. The van der Waals surface area contributed by atoms with Crippen LogP contribution in [0.1, 0.15) is 25.7 Å². The van der Waals surface area contributed by atoms with Crippen molar-refractivity contribution in [3.63, 3.8) is 0 Å². The number of benzene rings is 2. The van der Waals surface area contributed by atoms with E-state index in [1.54, 1.807) is 29.2 Å². The molecule has 2 amide bonds. The number of carbonyl (C=O) groups is 2. The third kappa shape index (κ3) is 4.63. The van der Waals surface area contributed by atoms with Crippen molar-refractivity contribution in [2.45, 2.75) is 30.6 Å². The molecule has 0 unspecified atom stereocenters. The molecule has 2 aromatic carbocycles. The molecule has 0 radical (unpaired) electrons. The Hall–Kier alpha value is -2.91. The summed E-state index contributed by atoms with van der Waals surface area (Å²) in [5.41, 5.74) is 1.44. The van der Waals surface area contributed by atoms with E-state index in [0.29, 0.717) is 43.8 Å². The fraction of sp³-hybridized carbons (Fsp3) is 0.391. The smallest absolute Gasteiger partial charge is 0.243 e. The molecule has 0 bridgehead atoms. The summed E-state index contributed by atoms with van der Waals surface area (Å²) < 4.78 is 32.5. The second kappa shape index (κ2) is 9.30. The van der Waals surface area contributed by atoms with Crippen molar-refractivity contribution < 1.29 is 22.7 Å². The third-order valence-corrected chi connectivity index (χ3v) is 7.85. The second-order valence-electron chi connectivity index (χ2n) is 8.06. The van der Waals surface area contributed by atoms with Crippen LogP contribution in [0.3, 0.4) is 0 Å². The van der Waals surface area contributed by atoms with E-state index in [4.69, 9.17) is 4.74 Å². The quantitative estimate of drug-likeness (QED) is 0.720. The fourth-order valence-electron chi connectivity index (χ4n) is 4.16. The first-order valence-corrected chi connectivity index (χ1v) is 12.2. The molecule has 1 N–H and O–H groups in total. The number of rotatable bonds is 6. The Morgan fingerprint density at radius 1 is 1.03 bits per heavy atom. The van der Waals surface area contributed by atoms with Gasteiger partial charge in [-0.1, -0.05) is 0 Å². The predicted molar refractivity (Wildman–Crippen MR) is 121 cm³/mol. The van der Waals surface area contributed by atoms with Gasteiger partial charge in [0.15, 0.2) is 0 Å². The van der Waals surface area contributed by atoms with E-state index in [1.807, 2.05) is 12.1 Å². The number of amides is 2. The predicted octanol–water partition coefficient (Wildman–Crippen LogP) is 2.86.